The third-order valence-electron chi connectivity index (χ3n) is 5.88. The number of aliphatic hydroxyl groups is 1. The molecular weight excluding hydrogens is 406 g/mol. The molecule has 1 atom stereocenters. The van der Waals surface area contributed by atoms with Crippen LogP contribution in [0.5, 0.6) is 0 Å². The van der Waals surface area contributed by atoms with Crippen molar-refractivity contribution in [3.63, 3.8) is 0 Å². The largest absolute Gasteiger partial charge is 0.394 e. The maximum atomic E-state index is 13.3. The van der Waals surface area contributed by atoms with Crippen molar-refractivity contribution in [2.75, 3.05) is 30.7 Å². The third-order valence-corrected chi connectivity index (χ3v) is 5.88. The first-order valence-corrected chi connectivity index (χ1v) is 11.3. The number of nitrogens with zero attached hydrogens (tertiary/aromatic N) is 5. The minimum atomic E-state index is -0.292. The molecule has 4 rings (SSSR count). The summed E-state index contributed by atoms with van der Waals surface area (Å²) in [5.41, 5.74) is 8.20. The zero-order valence-corrected chi connectivity index (χ0v) is 18.5. The molecule has 32 heavy (non-hydrogen) atoms. The van der Waals surface area contributed by atoms with Gasteiger partial charge in [-0.1, -0.05) is 37.6 Å². The lowest BCUT2D eigenvalue weighted by Crippen LogP contribution is -2.28. The zero-order chi connectivity index (χ0) is 22.5. The summed E-state index contributed by atoms with van der Waals surface area (Å²) in [7, 11) is 0. The van der Waals surface area contributed by atoms with Crippen LogP contribution in [0.3, 0.4) is 0 Å². The smallest absolute Gasteiger partial charge is 0.280 e. The molecule has 1 aromatic carbocycles. The van der Waals surface area contributed by atoms with E-state index in [1.54, 1.807) is 0 Å². The Balaban J connectivity index is 1.59. The Morgan fingerprint density at radius 2 is 1.81 bits per heavy atom. The van der Waals surface area contributed by atoms with Gasteiger partial charge >= 0.3 is 0 Å². The Bertz CT molecular complexity index is 1110. The van der Waals surface area contributed by atoms with Gasteiger partial charge in [0.1, 0.15) is 16.7 Å². The maximum Gasteiger partial charge on any atom is 0.280 e. The number of aliphatic hydroxyl groups excluding tert-OH is 1. The molecule has 0 spiro atoms. The van der Waals surface area contributed by atoms with Crippen LogP contribution >= 0.6 is 0 Å². The number of nitrogen functional groups attached to an aromatic ring is 1. The molecule has 0 bridgehead atoms. The number of rotatable bonds is 9. The fraction of sp³-hybridized carbons (Fsp3) is 0.478. The van der Waals surface area contributed by atoms with Gasteiger partial charge in [-0.15, -0.1) is 0 Å². The van der Waals surface area contributed by atoms with E-state index < -0.39 is 0 Å². The number of nitrogens with two attached hydrogens (primary N) is 1. The number of benzene rings is 1. The number of aromatic nitrogens is 4. The lowest BCUT2D eigenvalue weighted by atomic mass is 10.1. The highest BCUT2D eigenvalue weighted by molar-refractivity contribution is 5.88. The Labute approximate surface area is 187 Å². The predicted octanol–water partition coefficient (Wildman–Crippen LogP) is 1.99. The van der Waals surface area contributed by atoms with Gasteiger partial charge in [-0.3, -0.25) is 9.69 Å². The third kappa shape index (κ3) is 5.05. The van der Waals surface area contributed by atoms with Crippen molar-refractivity contribution in [3.8, 4) is 0 Å². The topological polar surface area (TPSA) is 122 Å². The van der Waals surface area contributed by atoms with Crippen LogP contribution in [0.1, 0.15) is 43.7 Å². The van der Waals surface area contributed by atoms with Crippen LogP contribution in [0, 0.1) is 0 Å². The minimum Gasteiger partial charge on any atom is -0.394 e. The Morgan fingerprint density at radius 1 is 1.12 bits per heavy atom. The molecular formula is C23H31N7O2. The van der Waals surface area contributed by atoms with Gasteiger partial charge in [0.05, 0.1) is 25.4 Å². The average molecular weight is 438 g/mol. The van der Waals surface area contributed by atoms with Crippen LogP contribution in [-0.4, -0.2) is 55.5 Å². The first-order chi connectivity index (χ1) is 15.6. The Morgan fingerprint density at radius 3 is 2.47 bits per heavy atom. The number of hydrogen-bond donors (Lipinski definition) is 3. The second-order valence-corrected chi connectivity index (χ2v) is 8.41. The molecule has 0 radical (unpaired) electrons. The first kappa shape index (κ1) is 22.2. The van der Waals surface area contributed by atoms with E-state index >= 15 is 0 Å². The van der Waals surface area contributed by atoms with Gasteiger partial charge in [0, 0.05) is 6.54 Å². The molecule has 4 N–H and O–H groups in total. The van der Waals surface area contributed by atoms with E-state index in [4.69, 9.17) is 5.73 Å². The van der Waals surface area contributed by atoms with Crippen molar-refractivity contribution in [1.29, 1.82) is 0 Å². The summed E-state index contributed by atoms with van der Waals surface area (Å²) in [6.07, 6.45) is 5.72. The van der Waals surface area contributed by atoms with Crippen molar-refractivity contribution in [3.05, 3.63) is 51.9 Å². The van der Waals surface area contributed by atoms with Crippen LogP contribution in [-0.2, 0) is 13.1 Å². The van der Waals surface area contributed by atoms with E-state index in [1.165, 1.54) is 29.3 Å². The lowest BCUT2D eigenvalue weighted by Gasteiger charge is -2.17. The van der Waals surface area contributed by atoms with E-state index in [9.17, 15) is 9.90 Å². The van der Waals surface area contributed by atoms with Gasteiger partial charge in [0.25, 0.3) is 5.56 Å². The van der Waals surface area contributed by atoms with E-state index in [0.717, 1.165) is 38.0 Å². The molecule has 0 amide bonds. The van der Waals surface area contributed by atoms with Crippen LogP contribution in [0.25, 0.3) is 10.9 Å². The predicted molar refractivity (Wildman–Crippen MR) is 125 cm³/mol. The average Bonchev–Trinajstić information content (AvgIpc) is 3.29. The molecule has 9 heteroatoms. The van der Waals surface area contributed by atoms with Gasteiger partial charge in [0.15, 0.2) is 0 Å². The van der Waals surface area contributed by atoms with Gasteiger partial charge in [-0.05, 0) is 43.5 Å². The lowest BCUT2D eigenvalue weighted by molar-refractivity contribution is 0.268. The maximum absolute atomic E-state index is 13.3. The van der Waals surface area contributed by atoms with Crippen LogP contribution in [0.4, 0.5) is 11.8 Å². The van der Waals surface area contributed by atoms with Gasteiger partial charge in [0.2, 0.25) is 5.95 Å². The molecule has 3 heterocycles. The molecule has 9 nitrogen and oxygen atoms in total. The van der Waals surface area contributed by atoms with Gasteiger partial charge in [-0.25, -0.2) is 9.67 Å². The summed E-state index contributed by atoms with van der Waals surface area (Å²) in [5.74, 6) is 0.392. The molecule has 0 aliphatic carbocycles. The number of nitrogens with one attached hydrogen (secondary N) is 1. The molecule has 1 aliphatic rings. The first-order valence-electron chi connectivity index (χ1n) is 11.3. The van der Waals surface area contributed by atoms with E-state index in [0.29, 0.717) is 23.3 Å². The van der Waals surface area contributed by atoms with Crippen LogP contribution < -0.4 is 16.6 Å². The monoisotopic (exact) mass is 437 g/mol. The van der Waals surface area contributed by atoms with Crippen molar-refractivity contribution in [2.24, 2.45) is 0 Å². The van der Waals surface area contributed by atoms with Crippen molar-refractivity contribution < 1.29 is 5.11 Å². The van der Waals surface area contributed by atoms with Crippen molar-refractivity contribution in [1.82, 2.24) is 24.6 Å². The summed E-state index contributed by atoms with van der Waals surface area (Å²) in [5, 5.41) is 17.4. The fourth-order valence-corrected chi connectivity index (χ4v) is 4.20. The highest BCUT2D eigenvalue weighted by Crippen LogP contribution is 2.19. The number of fused-ring (bicyclic) bond motifs is 1. The molecule has 170 valence electrons. The second kappa shape index (κ2) is 10.1. The van der Waals surface area contributed by atoms with Crippen molar-refractivity contribution in [2.45, 2.75) is 51.7 Å². The fourth-order valence-electron chi connectivity index (χ4n) is 4.20. The Hall–Kier alpha value is -3.04. The number of likely N-dealkylation sites (tertiary alicyclic amines) is 1. The molecule has 1 saturated heterocycles. The van der Waals surface area contributed by atoms with E-state index in [-0.39, 0.29) is 24.2 Å². The molecule has 1 fully saturated rings. The summed E-state index contributed by atoms with van der Waals surface area (Å²) in [6.45, 7) is 5.60. The van der Waals surface area contributed by atoms with E-state index in [2.05, 4.69) is 37.4 Å². The molecule has 0 unspecified atom stereocenters. The molecule has 1 aliphatic heterocycles. The van der Waals surface area contributed by atoms with Crippen molar-refractivity contribution >= 4 is 22.7 Å². The SMILES string of the molecule is CCC[C@H](CO)Nc1nc(N)nc2cnn(Cc3ccc(CN4CCCC4)cc3)c(=O)c12. The van der Waals surface area contributed by atoms with Crippen LogP contribution in [0.15, 0.2) is 35.3 Å². The summed E-state index contributed by atoms with van der Waals surface area (Å²) in [4.78, 5) is 24.1. The van der Waals surface area contributed by atoms with Crippen LogP contribution in [0.2, 0.25) is 0 Å². The van der Waals surface area contributed by atoms with E-state index in [1.807, 2.05) is 19.1 Å². The second-order valence-electron chi connectivity index (χ2n) is 8.41. The Kier molecular flexibility index (Phi) is 6.96. The number of hydrogen-bond acceptors (Lipinski definition) is 8. The summed E-state index contributed by atoms with van der Waals surface area (Å²) in [6, 6.07) is 8.11. The summed E-state index contributed by atoms with van der Waals surface area (Å²) >= 11 is 0. The number of anilines is 2. The highest BCUT2D eigenvalue weighted by Gasteiger charge is 2.17. The standard InChI is InChI=1S/C23H31N7O2/c1-2-5-18(15-31)26-21-20-19(27-23(24)28-21)12-25-30(22(20)32)14-17-8-6-16(7-9-17)13-29-10-3-4-11-29/h6-9,12,18,31H,2-5,10-11,13-15H2,1H3,(H3,24,26,27,28)/t18-/m1/s1. The minimum absolute atomic E-state index is 0.0562. The molecule has 3 aromatic rings. The van der Waals surface area contributed by atoms with Gasteiger partial charge < -0.3 is 16.2 Å². The summed E-state index contributed by atoms with van der Waals surface area (Å²) < 4.78 is 1.41. The zero-order valence-electron chi connectivity index (χ0n) is 18.5. The molecule has 2 aromatic heterocycles. The van der Waals surface area contributed by atoms with Gasteiger partial charge in [-0.2, -0.15) is 10.1 Å². The molecule has 0 saturated carbocycles. The highest BCUT2D eigenvalue weighted by atomic mass is 16.3. The quantitative estimate of drug-likeness (QED) is 0.465. The normalized spacial score (nSPS) is 15.3.